The maximum Gasteiger partial charge on any atom is 0.279 e. The fourth-order valence-electron chi connectivity index (χ4n) is 1.41. The van der Waals surface area contributed by atoms with Crippen LogP contribution in [0.3, 0.4) is 0 Å². The smallest absolute Gasteiger partial charge is 0.279 e. The van der Waals surface area contributed by atoms with Crippen LogP contribution in [0, 0.1) is 6.92 Å². The first-order valence-corrected chi connectivity index (χ1v) is 6.63. The van der Waals surface area contributed by atoms with Gasteiger partial charge >= 0.3 is 0 Å². The highest BCUT2D eigenvalue weighted by atomic mass is 32.2. The molecule has 102 valence electrons. The summed E-state index contributed by atoms with van der Waals surface area (Å²) in [6, 6.07) is 1.41. The third-order valence-corrected chi connectivity index (χ3v) is 3.11. The Morgan fingerprint density at radius 3 is 2.74 bits per heavy atom. The first kappa shape index (κ1) is 13.2. The lowest BCUT2D eigenvalue weighted by atomic mass is 10.3. The van der Waals surface area contributed by atoms with E-state index in [0.717, 1.165) is 0 Å². The molecule has 0 radical (unpaired) electrons. The Bertz CT molecular complexity index is 730. The van der Waals surface area contributed by atoms with Gasteiger partial charge in [-0.1, -0.05) is 5.16 Å². The topological polar surface area (TPSA) is 133 Å². The lowest BCUT2D eigenvalue weighted by molar-refractivity contribution is 0.101. The van der Waals surface area contributed by atoms with Crippen LogP contribution in [0.4, 0.5) is 5.82 Å². The summed E-state index contributed by atoms with van der Waals surface area (Å²) in [5.74, 6) is -0.339. The molecular weight excluding hydrogens is 274 g/mol. The summed E-state index contributed by atoms with van der Waals surface area (Å²) in [4.78, 5) is 11.5. The number of carbonyl (C=O) groups is 1. The molecule has 2 heterocycles. The molecule has 19 heavy (non-hydrogen) atoms. The van der Waals surface area contributed by atoms with Crippen molar-refractivity contribution in [1.82, 2.24) is 14.9 Å². The maximum absolute atomic E-state index is 11.8. The average Bonchev–Trinajstić information content (AvgIpc) is 2.84. The van der Waals surface area contributed by atoms with E-state index >= 15 is 0 Å². The summed E-state index contributed by atoms with van der Waals surface area (Å²) in [7, 11) is -2.47. The Hall–Kier alpha value is -2.20. The number of carbonyl (C=O) groups excluding carboxylic acids is 1. The molecule has 0 aliphatic rings. The van der Waals surface area contributed by atoms with E-state index in [1.807, 2.05) is 0 Å². The minimum absolute atomic E-state index is 0.0172. The number of nitrogens with two attached hydrogens (primary N) is 1. The number of aromatic nitrogens is 3. The molecule has 3 N–H and O–H groups in total. The number of amides is 1. The number of rotatable bonds is 3. The van der Waals surface area contributed by atoms with Crippen molar-refractivity contribution in [3.8, 4) is 0 Å². The Labute approximate surface area is 108 Å². The Kier molecular flexibility index (Phi) is 3.12. The van der Waals surface area contributed by atoms with Gasteiger partial charge in [0.1, 0.15) is 10.7 Å². The number of anilines is 1. The number of hydrogen-bond acceptors (Lipinski definition) is 6. The number of sulfonamides is 1. The van der Waals surface area contributed by atoms with Crippen LogP contribution in [-0.4, -0.2) is 29.3 Å². The van der Waals surface area contributed by atoms with Crippen LogP contribution in [0.2, 0.25) is 0 Å². The summed E-state index contributed by atoms with van der Waals surface area (Å²) < 4.78 is 28.6. The van der Waals surface area contributed by atoms with E-state index in [9.17, 15) is 13.2 Å². The molecule has 0 aromatic carbocycles. The van der Waals surface area contributed by atoms with E-state index in [1.54, 1.807) is 6.92 Å². The average molecular weight is 285 g/mol. The second kappa shape index (κ2) is 4.48. The van der Waals surface area contributed by atoms with Crippen molar-refractivity contribution in [2.24, 2.45) is 12.2 Å². The van der Waals surface area contributed by atoms with E-state index in [2.05, 4.69) is 15.6 Å². The van der Waals surface area contributed by atoms with Crippen LogP contribution < -0.4 is 10.5 Å². The first-order valence-electron chi connectivity index (χ1n) is 5.08. The van der Waals surface area contributed by atoms with Crippen molar-refractivity contribution >= 4 is 21.7 Å². The third-order valence-electron chi connectivity index (χ3n) is 2.19. The largest absolute Gasteiger partial charge is 0.361 e. The summed E-state index contributed by atoms with van der Waals surface area (Å²) in [5.41, 5.74) is 0.0172. The summed E-state index contributed by atoms with van der Waals surface area (Å²) in [6.07, 6.45) is 1.19. The fraction of sp³-hybridized carbons (Fsp3) is 0.222. The molecule has 0 spiro atoms. The highest BCUT2D eigenvalue weighted by Gasteiger charge is 2.21. The van der Waals surface area contributed by atoms with Crippen LogP contribution in [-0.2, 0) is 17.1 Å². The van der Waals surface area contributed by atoms with Gasteiger partial charge in [0.25, 0.3) is 5.91 Å². The van der Waals surface area contributed by atoms with Gasteiger partial charge in [-0.2, -0.15) is 5.10 Å². The fourth-order valence-corrected chi connectivity index (χ4v) is 2.07. The Morgan fingerprint density at radius 1 is 1.53 bits per heavy atom. The molecule has 0 atom stereocenters. The van der Waals surface area contributed by atoms with Crippen molar-refractivity contribution < 1.29 is 17.7 Å². The van der Waals surface area contributed by atoms with E-state index < -0.39 is 15.9 Å². The van der Waals surface area contributed by atoms with Crippen molar-refractivity contribution in [2.45, 2.75) is 11.8 Å². The zero-order valence-electron chi connectivity index (χ0n) is 10.1. The van der Waals surface area contributed by atoms with E-state index in [-0.39, 0.29) is 16.4 Å². The quantitative estimate of drug-likeness (QED) is 0.789. The second-order valence-corrected chi connectivity index (χ2v) is 5.37. The molecule has 0 saturated heterocycles. The zero-order valence-corrected chi connectivity index (χ0v) is 10.9. The molecule has 2 rings (SSSR count). The minimum atomic E-state index is -3.98. The standard InChI is InChI=1S/C9H11N5O4S/c1-5-3-6(13-18-5)9(15)11-8-7(19(10,16)17)4-14(2)12-8/h3-4H,1-2H3,(H2,10,16,17)(H,11,12,15). The number of hydrogen-bond donors (Lipinski definition) is 2. The van der Waals surface area contributed by atoms with Gasteiger partial charge < -0.3 is 9.84 Å². The zero-order chi connectivity index (χ0) is 14.2. The molecule has 2 aromatic heterocycles. The highest BCUT2D eigenvalue weighted by Crippen LogP contribution is 2.18. The molecular formula is C9H11N5O4S. The van der Waals surface area contributed by atoms with Crippen LogP contribution in [0.15, 0.2) is 21.7 Å². The minimum Gasteiger partial charge on any atom is -0.361 e. The molecule has 0 saturated carbocycles. The molecule has 9 nitrogen and oxygen atoms in total. The highest BCUT2D eigenvalue weighted by molar-refractivity contribution is 7.89. The third kappa shape index (κ3) is 2.80. The van der Waals surface area contributed by atoms with Gasteiger partial charge in [0.15, 0.2) is 11.5 Å². The first-order chi connectivity index (χ1) is 8.77. The van der Waals surface area contributed by atoms with E-state index in [0.29, 0.717) is 5.76 Å². The molecule has 1 amide bonds. The van der Waals surface area contributed by atoms with Crippen LogP contribution in [0.25, 0.3) is 0 Å². The van der Waals surface area contributed by atoms with Gasteiger partial charge in [-0.25, -0.2) is 13.6 Å². The Balaban J connectivity index is 2.32. The van der Waals surface area contributed by atoms with Gasteiger partial charge in [0, 0.05) is 19.3 Å². The monoisotopic (exact) mass is 285 g/mol. The van der Waals surface area contributed by atoms with Crippen LogP contribution in [0.1, 0.15) is 16.2 Å². The van der Waals surface area contributed by atoms with Crippen LogP contribution in [0.5, 0.6) is 0 Å². The van der Waals surface area contributed by atoms with Crippen molar-refractivity contribution in [1.29, 1.82) is 0 Å². The Morgan fingerprint density at radius 2 is 2.21 bits per heavy atom. The molecule has 0 aliphatic heterocycles. The van der Waals surface area contributed by atoms with Gasteiger partial charge in [-0.15, -0.1) is 0 Å². The molecule has 0 aliphatic carbocycles. The summed E-state index contributed by atoms with van der Waals surface area (Å²) in [6.45, 7) is 1.63. The van der Waals surface area contributed by atoms with Crippen molar-refractivity contribution in [3.63, 3.8) is 0 Å². The van der Waals surface area contributed by atoms with Crippen molar-refractivity contribution in [3.05, 3.63) is 23.7 Å². The van der Waals surface area contributed by atoms with E-state index in [4.69, 9.17) is 9.66 Å². The van der Waals surface area contributed by atoms with Gasteiger partial charge in [-0.05, 0) is 6.92 Å². The molecule has 10 heteroatoms. The lowest BCUT2D eigenvalue weighted by Gasteiger charge is -2.00. The second-order valence-electron chi connectivity index (χ2n) is 3.84. The molecule has 0 fully saturated rings. The van der Waals surface area contributed by atoms with Crippen LogP contribution >= 0.6 is 0 Å². The maximum atomic E-state index is 11.8. The predicted octanol–water partition coefficient (Wildman–Crippen LogP) is -0.384. The number of aryl methyl sites for hydroxylation is 2. The summed E-state index contributed by atoms with van der Waals surface area (Å²) in [5, 5.41) is 14.7. The number of primary sulfonamides is 1. The summed E-state index contributed by atoms with van der Waals surface area (Å²) >= 11 is 0. The van der Waals surface area contributed by atoms with Gasteiger partial charge in [0.2, 0.25) is 10.0 Å². The van der Waals surface area contributed by atoms with Gasteiger partial charge in [0.05, 0.1) is 0 Å². The molecule has 0 unspecified atom stereocenters. The SMILES string of the molecule is Cc1cc(C(=O)Nc2nn(C)cc2S(N)(=O)=O)no1. The molecule has 2 aromatic rings. The van der Waals surface area contributed by atoms with E-state index in [1.165, 1.54) is 24.0 Å². The number of nitrogens with zero attached hydrogens (tertiary/aromatic N) is 3. The lowest BCUT2D eigenvalue weighted by Crippen LogP contribution is -2.18. The normalized spacial score (nSPS) is 11.5. The van der Waals surface area contributed by atoms with Gasteiger partial charge in [-0.3, -0.25) is 9.48 Å². The van der Waals surface area contributed by atoms with Crippen molar-refractivity contribution in [2.75, 3.05) is 5.32 Å². The number of nitrogens with one attached hydrogen (secondary N) is 1. The molecule has 0 bridgehead atoms. The predicted molar refractivity (Wildman–Crippen MR) is 63.8 cm³/mol.